The van der Waals surface area contributed by atoms with Crippen molar-refractivity contribution in [3.8, 4) is 0 Å². The van der Waals surface area contributed by atoms with Gasteiger partial charge in [0.1, 0.15) is 0 Å². The summed E-state index contributed by atoms with van der Waals surface area (Å²) in [5, 5.41) is 5.74. The zero-order valence-corrected chi connectivity index (χ0v) is 16.6. The smallest absolute Gasteiger partial charge is 0.241 e. The Bertz CT molecular complexity index is 776. The number of carbonyl (C=O) groups is 2. The number of piperidine rings is 1. The average molecular weight is 432 g/mol. The third-order valence-electron chi connectivity index (χ3n) is 4.75. The lowest BCUT2D eigenvalue weighted by Gasteiger charge is -2.34. The molecule has 0 saturated carbocycles. The van der Waals surface area contributed by atoms with E-state index in [2.05, 4.69) is 41.4 Å². The molecule has 1 saturated heterocycles. The Morgan fingerprint density at radius 1 is 1.15 bits per heavy atom. The van der Waals surface area contributed by atoms with Crippen molar-refractivity contribution < 1.29 is 9.59 Å². The van der Waals surface area contributed by atoms with Crippen molar-refractivity contribution in [2.45, 2.75) is 25.8 Å². The molecule has 27 heavy (non-hydrogen) atoms. The molecule has 2 aromatic rings. The minimum Gasteiger partial charge on any atom is -0.325 e. The highest BCUT2D eigenvalue weighted by Gasteiger charge is 2.30. The fourth-order valence-corrected chi connectivity index (χ4v) is 3.35. The molecular weight excluding hydrogens is 410 g/mol. The molecule has 8 heteroatoms. The van der Waals surface area contributed by atoms with Crippen molar-refractivity contribution in [3.05, 3.63) is 47.3 Å². The molecule has 0 spiro atoms. The number of amides is 2. The Hall–Kier alpha value is -2.32. The van der Waals surface area contributed by atoms with Gasteiger partial charge in [0.05, 0.1) is 12.2 Å². The van der Waals surface area contributed by atoms with Crippen LogP contribution in [0.2, 0.25) is 0 Å². The van der Waals surface area contributed by atoms with Crippen molar-refractivity contribution in [1.82, 2.24) is 14.9 Å². The van der Waals surface area contributed by atoms with Gasteiger partial charge >= 0.3 is 0 Å². The van der Waals surface area contributed by atoms with E-state index >= 15 is 0 Å². The third kappa shape index (κ3) is 5.33. The summed E-state index contributed by atoms with van der Waals surface area (Å²) in [6, 6.07) is 7.25. The van der Waals surface area contributed by atoms with Crippen LogP contribution in [-0.2, 0) is 9.59 Å². The van der Waals surface area contributed by atoms with Crippen LogP contribution >= 0.6 is 15.9 Å². The summed E-state index contributed by atoms with van der Waals surface area (Å²) >= 11 is 3.38. The zero-order chi connectivity index (χ0) is 19.2. The van der Waals surface area contributed by atoms with E-state index in [1.807, 2.05) is 31.2 Å². The molecule has 0 aliphatic carbocycles. The maximum absolute atomic E-state index is 12.5. The molecule has 1 aliphatic heterocycles. The van der Waals surface area contributed by atoms with Crippen LogP contribution in [0.5, 0.6) is 0 Å². The van der Waals surface area contributed by atoms with Crippen LogP contribution in [0.3, 0.4) is 0 Å². The van der Waals surface area contributed by atoms with Gasteiger partial charge < -0.3 is 10.6 Å². The Labute approximate surface area is 166 Å². The standard InChI is InChI=1S/C19H22BrN5O2/c1-13(18(26)23-16-4-2-15(20)3-5-16)25-10-6-14(7-11-25)19(27)24-17-12-21-8-9-22-17/h2-5,8-9,12-14H,6-7,10-11H2,1H3,(H,23,26)(H,22,24,27). The van der Waals surface area contributed by atoms with Crippen molar-refractivity contribution in [2.75, 3.05) is 23.7 Å². The average Bonchev–Trinajstić information content (AvgIpc) is 2.70. The summed E-state index contributed by atoms with van der Waals surface area (Å²) in [7, 11) is 0. The number of anilines is 2. The molecule has 0 bridgehead atoms. The van der Waals surface area contributed by atoms with Crippen LogP contribution in [0.1, 0.15) is 19.8 Å². The largest absolute Gasteiger partial charge is 0.325 e. The number of rotatable bonds is 5. The zero-order valence-electron chi connectivity index (χ0n) is 15.1. The summed E-state index contributed by atoms with van der Waals surface area (Å²) in [5.74, 6) is 0.305. The van der Waals surface area contributed by atoms with Crippen LogP contribution < -0.4 is 10.6 Å². The molecule has 3 rings (SSSR count). The second kappa shape index (κ2) is 9.05. The number of nitrogens with zero attached hydrogens (tertiary/aromatic N) is 3. The Morgan fingerprint density at radius 3 is 2.48 bits per heavy atom. The van der Waals surface area contributed by atoms with Crippen molar-refractivity contribution >= 4 is 39.2 Å². The highest BCUT2D eigenvalue weighted by Crippen LogP contribution is 2.21. The summed E-state index contributed by atoms with van der Waals surface area (Å²) in [6.07, 6.45) is 6.06. The molecule has 0 radical (unpaired) electrons. The fraction of sp³-hybridized carbons (Fsp3) is 0.368. The number of halogens is 1. The predicted molar refractivity (Wildman–Crippen MR) is 107 cm³/mol. The van der Waals surface area contributed by atoms with Crippen LogP contribution in [0.4, 0.5) is 11.5 Å². The van der Waals surface area contributed by atoms with E-state index in [4.69, 9.17) is 0 Å². The maximum atomic E-state index is 12.5. The first-order valence-electron chi connectivity index (χ1n) is 8.90. The van der Waals surface area contributed by atoms with Crippen molar-refractivity contribution in [3.63, 3.8) is 0 Å². The van der Waals surface area contributed by atoms with Gasteiger partial charge in [-0.2, -0.15) is 0 Å². The van der Waals surface area contributed by atoms with E-state index in [0.717, 1.165) is 10.2 Å². The number of hydrogen-bond acceptors (Lipinski definition) is 5. The molecule has 7 nitrogen and oxygen atoms in total. The number of carbonyl (C=O) groups excluding carboxylic acids is 2. The fourth-order valence-electron chi connectivity index (χ4n) is 3.09. The lowest BCUT2D eigenvalue weighted by Crippen LogP contribution is -2.47. The Kier molecular flexibility index (Phi) is 6.52. The highest BCUT2D eigenvalue weighted by molar-refractivity contribution is 9.10. The van der Waals surface area contributed by atoms with Gasteiger partial charge in [-0.1, -0.05) is 15.9 Å². The van der Waals surface area contributed by atoms with E-state index in [-0.39, 0.29) is 23.8 Å². The number of benzene rings is 1. The normalized spacial score (nSPS) is 16.5. The minimum absolute atomic E-state index is 0.0397. The lowest BCUT2D eigenvalue weighted by molar-refractivity contribution is -0.123. The monoisotopic (exact) mass is 431 g/mol. The highest BCUT2D eigenvalue weighted by atomic mass is 79.9. The number of hydrogen-bond donors (Lipinski definition) is 2. The summed E-state index contributed by atoms with van der Waals surface area (Å²) < 4.78 is 0.968. The van der Waals surface area contributed by atoms with Crippen LogP contribution in [0, 0.1) is 5.92 Å². The van der Waals surface area contributed by atoms with Gasteiger partial charge in [-0.25, -0.2) is 4.98 Å². The summed E-state index contributed by atoms with van der Waals surface area (Å²) in [5.41, 5.74) is 0.772. The SMILES string of the molecule is CC(C(=O)Nc1ccc(Br)cc1)N1CCC(C(=O)Nc2cnccn2)CC1. The molecule has 1 atom stereocenters. The summed E-state index contributed by atoms with van der Waals surface area (Å²) in [6.45, 7) is 3.30. The third-order valence-corrected chi connectivity index (χ3v) is 5.28. The quantitative estimate of drug-likeness (QED) is 0.759. The minimum atomic E-state index is -0.252. The van der Waals surface area contributed by atoms with Gasteiger partial charge in [-0.3, -0.25) is 19.5 Å². The molecule has 142 valence electrons. The maximum Gasteiger partial charge on any atom is 0.241 e. The van der Waals surface area contributed by atoms with E-state index in [0.29, 0.717) is 31.7 Å². The first kappa shape index (κ1) is 19.4. The first-order chi connectivity index (χ1) is 13.0. The lowest BCUT2D eigenvalue weighted by atomic mass is 9.95. The second-order valence-corrected chi connectivity index (χ2v) is 7.48. The molecule has 2 N–H and O–H groups in total. The number of nitrogens with one attached hydrogen (secondary N) is 2. The van der Waals surface area contributed by atoms with Gasteiger partial charge in [0, 0.05) is 28.5 Å². The van der Waals surface area contributed by atoms with Crippen LogP contribution in [-0.4, -0.2) is 45.8 Å². The number of likely N-dealkylation sites (tertiary alicyclic amines) is 1. The Morgan fingerprint density at radius 2 is 1.85 bits per heavy atom. The van der Waals surface area contributed by atoms with Gasteiger partial charge in [-0.05, 0) is 57.1 Å². The molecular formula is C19H22BrN5O2. The molecule has 1 fully saturated rings. The van der Waals surface area contributed by atoms with Gasteiger partial charge in [-0.15, -0.1) is 0 Å². The molecule has 2 heterocycles. The predicted octanol–water partition coefficient (Wildman–Crippen LogP) is 2.92. The first-order valence-corrected chi connectivity index (χ1v) is 9.69. The van der Waals surface area contributed by atoms with Crippen molar-refractivity contribution in [2.24, 2.45) is 5.92 Å². The van der Waals surface area contributed by atoms with Crippen molar-refractivity contribution in [1.29, 1.82) is 0 Å². The topological polar surface area (TPSA) is 87.2 Å². The molecule has 1 aliphatic rings. The second-order valence-electron chi connectivity index (χ2n) is 6.56. The van der Waals surface area contributed by atoms with Gasteiger partial charge in [0.15, 0.2) is 5.82 Å². The van der Waals surface area contributed by atoms with Crippen LogP contribution in [0.15, 0.2) is 47.3 Å². The number of aromatic nitrogens is 2. The van der Waals surface area contributed by atoms with E-state index in [1.54, 1.807) is 12.4 Å². The van der Waals surface area contributed by atoms with Crippen LogP contribution in [0.25, 0.3) is 0 Å². The van der Waals surface area contributed by atoms with E-state index in [1.165, 1.54) is 6.20 Å². The van der Waals surface area contributed by atoms with E-state index in [9.17, 15) is 9.59 Å². The molecule has 1 unspecified atom stereocenters. The molecule has 2 amide bonds. The molecule has 1 aromatic heterocycles. The Balaban J connectivity index is 1.48. The van der Waals surface area contributed by atoms with E-state index < -0.39 is 0 Å². The van der Waals surface area contributed by atoms with Gasteiger partial charge in [0.25, 0.3) is 0 Å². The molecule has 1 aromatic carbocycles. The summed E-state index contributed by atoms with van der Waals surface area (Å²) in [4.78, 5) is 35.0. The van der Waals surface area contributed by atoms with Gasteiger partial charge in [0.2, 0.25) is 11.8 Å².